The largest absolute Gasteiger partial charge is 0.480 e. The summed E-state index contributed by atoms with van der Waals surface area (Å²) in [6.45, 7) is 0. The fourth-order valence-electron chi connectivity index (χ4n) is 1.02. The van der Waals surface area contributed by atoms with E-state index in [1.54, 1.807) is 0 Å². The quantitative estimate of drug-likeness (QED) is 0.643. The molecule has 0 bridgehead atoms. The first-order valence-electron chi connectivity index (χ1n) is 3.78. The van der Waals surface area contributed by atoms with Crippen molar-refractivity contribution in [1.29, 1.82) is 0 Å². The van der Waals surface area contributed by atoms with Gasteiger partial charge in [-0.3, -0.25) is 4.79 Å². The molecule has 1 aromatic rings. The van der Waals surface area contributed by atoms with Gasteiger partial charge in [0.25, 0.3) is 0 Å². The molecule has 8 heteroatoms. The highest BCUT2D eigenvalue weighted by molar-refractivity contribution is 6.35. The Kier molecular flexibility index (Phi) is 3.67. The Hall–Kier alpha value is -0.980. The predicted octanol–water partition coefficient (Wildman–Crippen LogP) is 2.50. The minimum absolute atomic E-state index is 1.08. The fraction of sp³-hybridized carbons (Fsp3) is 0.125. The van der Waals surface area contributed by atoms with E-state index in [9.17, 15) is 18.0 Å². The lowest BCUT2D eigenvalue weighted by Crippen LogP contribution is -2.24. The average Bonchev–Trinajstić information content (AvgIpc) is 2.23. The molecule has 0 aliphatic rings. The number of carboxylic acid groups (broad SMARTS) is 1. The average molecular weight is 274 g/mol. The third-order valence-corrected chi connectivity index (χ3v) is 2.48. The highest BCUT2D eigenvalue weighted by Crippen LogP contribution is 2.34. The number of carbonyl (C=O) groups is 1. The van der Waals surface area contributed by atoms with E-state index in [1.807, 2.05) is 0 Å². The molecular formula is C8H4Cl2F3NO2. The van der Waals surface area contributed by atoms with Gasteiger partial charge < -0.3 is 10.8 Å². The number of nitrogens with two attached hydrogens (primary N) is 1. The molecule has 3 N–H and O–H groups in total. The molecule has 1 atom stereocenters. The third kappa shape index (κ3) is 1.95. The molecule has 0 saturated heterocycles. The van der Waals surface area contributed by atoms with Crippen molar-refractivity contribution in [2.24, 2.45) is 5.73 Å². The van der Waals surface area contributed by atoms with E-state index in [-0.39, 0.29) is 0 Å². The normalized spacial score (nSPS) is 12.6. The van der Waals surface area contributed by atoms with Gasteiger partial charge in [0.15, 0.2) is 17.5 Å². The first kappa shape index (κ1) is 13.1. The Morgan fingerprint density at radius 1 is 1.12 bits per heavy atom. The zero-order chi connectivity index (χ0) is 12.6. The van der Waals surface area contributed by atoms with Gasteiger partial charge in [-0.25, -0.2) is 13.2 Å². The maximum Gasteiger partial charge on any atom is 0.325 e. The van der Waals surface area contributed by atoms with E-state index in [4.69, 9.17) is 34.0 Å². The van der Waals surface area contributed by atoms with E-state index < -0.39 is 45.1 Å². The molecule has 0 radical (unpaired) electrons. The highest BCUT2D eigenvalue weighted by atomic mass is 35.5. The lowest BCUT2D eigenvalue weighted by atomic mass is 10.1. The number of benzene rings is 1. The van der Waals surface area contributed by atoms with Crippen LogP contribution < -0.4 is 5.73 Å². The van der Waals surface area contributed by atoms with Crippen molar-refractivity contribution in [2.75, 3.05) is 0 Å². The Morgan fingerprint density at radius 3 is 1.81 bits per heavy atom. The second-order valence-corrected chi connectivity index (χ2v) is 3.56. The molecule has 1 aromatic carbocycles. The van der Waals surface area contributed by atoms with Crippen molar-refractivity contribution >= 4 is 29.2 Å². The summed E-state index contributed by atoms with van der Waals surface area (Å²) in [5.74, 6) is -6.34. The second-order valence-electron chi connectivity index (χ2n) is 2.80. The van der Waals surface area contributed by atoms with Crippen molar-refractivity contribution in [3.63, 3.8) is 0 Å². The van der Waals surface area contributed by atoms with Crippen molar-refractivity contribution < 1.29 is 23.1 Å². The number of halogens is 5. The van der Waals surface area contributed by atoms with Crippen molar-refractivity contribution in [1.82, 2.24) is 0 Å². The van der Waals surface area contributed by atoms with Crippen LogP contribution in [0.25, 0.3) is 0 Å². The lowest BCUT2D eigenvalue weighted by Gasteiger charge is -2.12. The van der Waals surface area contributed by atoms with Gasteiger partial charge in [-0.2, -0.15) is 0 Å². The summed E-state index contributed by atoms with van der Waals surface area (Å²) in [7, 11) is 0. The molecule has 0 heterocycles. The van der Waals surface area contributed by atoms with Crippen LogP contribution in [0.2, 0.25) is 10.0 Å². The van der Waals surface area contributed by atoms with Crippen LogP contribution in [-0.4, -0.2) is 11.1 Å². The number of carboxylic acids is 1. The molecule has 0 amide bonds. The molecule has 1 rings (SSSR count). The SMILES string of the molecule is N[C@H](C(=O)O)c1c(F)c(Cl)c(F)c(Cl)c1F. The fourth-order valence-corrected chi connectivity index (χ4v) is 1.46. The molecule has 0 aliphatic heterocycles. The van der Waals surface area contributed by atoms with Crippen molar-refractivity contribution in [2.45, 2.75) is 6.04 Å². The van der Waals surface area contributed by atoms with Gasteiger partial charge in [0.05, 0.1) is 5.56 Å². The minimum atomic E-state index is -2.02. The Morgan fingerprint density at radius 2 is 1.50 bits per heavy atom. The summed E-state index contributed by atoms with van der Waals surface area (Å²) < 4.78 is 39.6. The molecule has 16 heavy (non-hydrogen) atoms. The summed E-state index contributed by atoms with van der Waals surface area (Å²) in [4.78, 5) is 10.5. The molecular weight excluding hydrogens is 270 g/mol. The lowest BCUT2D eigenvalue weighted by molar-refractivity contribution is -0.138. The van der Waals surface area contributed by atoms with Gasteiger partial charge in [-0.05, 0) is 0 Å². The molecule has 0 aromatic heterocycles. The van der Waals surface area contributed by atoms with Gasteiger partial charge in [-0.15, -0.1) is 0 Å². The van der Waals surface area contributed by atoms with E-state index in [2.05, 4.69) is 0 Å². The summed E-state index contributed by atoms with van der Waals surface area (Å²) >= 11 is 10.3. The van der Waals surface area contributed by atoms with Crippen molar-refractivity contribution in [3.8, 4) is 0 Å². The summed E-state index contributed by atoms with van der Waals surface area (Å²) in [6.07, 6.45) is 0. The number of rotatable bonds is 2. The summed E-state index contributed by atoms with van der Waals surface area (Å²) in [5, 5.41) is 6.30. The van der Waals surface area contributed by atoms with Crippen molar-refractivity contribution in [3.05, 3.63) is 33.1 Å². The Balaban J connectivity index is 3.57. The molecule has 88 valence electrons. The summed E-state index contributed by atoms with van der Waals surface area (Å²) in [6, 6.07) is -2.02. The first-order valence-corrected chi connectivity index (χ1v) is 4.54. The van der Waals surface area contributed by atoms with Gasteiger partial charge in [-0.1, -0.05) is 23.2 Å². The minimum Gasteiger partial charge on any atom is -0.480 e. The van der Waals surface area contributed by atoms with Crippen LogP contribution in [0.3, 0.4) is 0 Å². The third-order valence-electron chi connectivity index (χ3n) is 1.82. The number of aliphatic carboxylic acids is 1. The van der Waals surface area contributed by atoms with Crippen LogP contribution in [0.5, 0.6) is 0 Å². The first-order chi connectivity index (χ1) is 7.29. The Bertz CT molecular complexity index is 438. The number of hydrogen-bond donors (Lipinski definition) is 2. The second kappa shape index (κ2) is 4.48. The molecule has 3 nitrogen and oxygen atoms in total. The van der Waals surface area contributed by atoms with Gasteiger partial charge in [0.2, 0.25) is 0 Å². The van der Waals surface area contributed by atoms with E-state index in [0.717, 1.165) is 0 Å². The molecule has 0 saturated carbocycles. The summed E-state index contributed by atoms with van der Waals surface area (Å²) in [5.41, 5.74) is 3.93. The zero-order valence-electron chi connectivity index (χ0n) is 7.40. The molecule has 0 spiro atoms. The topological polar surface area (TPSA) is 63.3 Å². The van der Waals surface area contributed by atoms with Crippen LogP contribution in [0, 0.1) is 17.5 Å². The highest BCUT2D eigenvalue weighted by Gasteiger charge is 2.29. The van der Waals surface area contributed by atoms with Gasteiger partial charge in [0.1, 0.15) is 16.1 Å². The van der Waals surface area contributed by atoms with Crippen LogP contribution in [-0.2, 0) is 4.79 Å². The molecule has 0 aliphatic carbocycles. The predicted molar refractivity (Wildman–Crippen MR) is 50.9 cm³/mol. The van der Waals surface area contributed by atoms with Gasteiger partial charge >= 0.3 is 5.97 Å². The van der Waals surface area contributed by atoms with Crippen LogP contribution >= 0.6 is 23.2 Å². The van der Waals surface area contributed by atoms with Crippen LogP contribution in [0.1, 0.15) is 11.6 Å². The van der Waals surface area contributed by atoms with E-state index in [1.165, 1.54) is 0 Å². The maximum absolute atomic E-state index is 13.3. The molecule has 0 unspecified atom stereocenters. The Labute approximate surface area is 97.6 Å². The standard InChI is InChI=1S/C8H4Cl2F3NO2/c9-2-4(11)1(7(14)8(15)16)5(12)3(10)6(2)13/h7H,14H2,(H,15,16)/t7-/m0/s1. The van der Waals surface area contributed by atoms with Crippen LogP contribution in [0.4, 0.5) is 13.2 Å². The zero-order valence-corrected chi connectivity index (χ0v) is 8.91. The van der Waals surface area contributed by atoms with E-state index in [0.29, 0.717) is 0 Å². The smallest absolute Gasteiger partial charge is 0.325 e. The van der Waals surface area contributed by atoms with E-state index >= 15 is 0 Å². The van der Waals surface area contributed by atoms with Gasteiger partial charge in [0, 0.05) is 0 Å². The molecule has 0 fully saturated rings. The monoisotopic (exact) mass is 273 g/mol. The van der Waals surface area contributed by atoms with Crippen LogP contribution in [0.15, 0.2) is 0 Å². The maximum atomic E-state index is 13.3. The number of hydrogen-bond acceptors (Lipinski definition) is 2.